The van der Waals surface area contributed by atoms with E-state index in [1.54, 1.807) is 6.92 Å². The van der Waals surface area contributed by atoms with Crippen molar-refractivity contribution in [1.82, 2.24) is 5.32 Å². The van der Waals surface area contributed by atoms with Crippen LogP contribution >= 0.6 is 0 Å². The van der Waals surface area contributed by atoms with Gasteiger partial charge in [-0.05, 0) is 37.0 Å². The molecule has 2 aromatic rings. The number of hydrogen-bond donors (Lipinski definition) is 2. The van der Waals surface area contributed by atoms with E-state index in [9.17, 15) is 9.59 Å². The van der Waals surface area contributed by atoms with E-state index in [4.69, 9.17) is 15.2 Å². The Morgan fingerprint density at radius 3 is 2.21 bits per heavy atom. The number of benzene rings is 2. The number of amides is 1. The molecule has 0 saturated carbocycles. The summed E-state index contributed by atoms with van der Waals surface area (Å²) in [6.07, 6.45) is 2.20. The maximum absolute atomic E-state index is 12.2. The van der Waals surface area contributed by atoms with Gasteiger partial charge in [-0.2, -0.15) is 0 Å². The third kappa shape index (κ3) is 7.53. The minimum Gasteiger partial charge on any atom is -0.461 e. The van der Waals surface area contributed by atoms with Crippen molar-refractivity contribution in [2.75, 3.05) is 6.61 Å². The minimum atomic E-state index is -0.605. The highest BCUT2D eigenvalue weighted by atomic mass is 16.5. The molecule has 0 aromatic heterocycles. The van der Waals surface area contributed by atoms with Crippen LogP contribution in [-0.2, 0) is 27.3 Å². The normalized spacial score (nSPS) is 12.1. The molecule has 28 heavy (non-hydrogen) atoms. The Morgan fingerprint density at radius 1 is 1.00 bits per heavy atom. The van der Waals surface area contributed by atoms with Gasteiger partial charge in [0.15, 0.2) is 0 Å². The van der Waals surface area contributed by atoms with E-state index in [2.05, 4.69) is 5.32 Å². The molecule has 1 atom stereocenters. The lowest BCUT2D eigenvalue weighted by molar-refractivity contribution is -0.138. The SMILES string of the molecule is CCOC(=O)C(N)=CC(CCc1ccccc1)NC(=O)OCc1ccccc1. The Labute approximate surface area is 165 Å². The first-order valence-electron chi connectivity index (χ1n) is 9.24. The molecule has 2 aromatic carbocycles. The number of carbonyl (C=O) groups excluding carboxylic acids is 2. The van der Waals surface area contributed by atoms with E-state index >= 15 is 0 Å². The highest BCUT2D eigenvalue weighted by molar-refractivity contribution is 5.87. The monoisotopic (exact) mass is 382 g/mol. The van der Waals surface area contributed by atoms with Gasteiger partial charge in [0.05, 0.1) is 12.6 Å². The molecule has 2 rings (SSSR count). The highest BCUT2D eigenvalue weighted by Gasteiger charge is 2.15. The number of ether oxygens (including phenoxy) is 2. The summed E-state index contributed by atoms with van der Waals surface area (Å²) >= 11 is 0. The van der Waals surface area contributed by atoms with Crippen LogP contribution in [0.3, 0.4) is 0 Å². The largest absolute Gasteiger partial charge is 0.461 e. The molecule has 6 heteroatoms. The molecular formula is C22H26N2O4. The fraction of sp³-hybridized carbons (Fsp3) is 0.273. The Bertz CT molecular complexity index is 776. The summed E-state index contributed by atoms with van der Waals surface area (Å²) in [5.41, 5.74) is 7.78. The average Bonchev–Trinajstić information content (AvgIpc) is 2.72. The predicted octanol–water partition coefficient (Wildman–Crippen LogP) is 3.32. The predicted molar refractivity (Wildman–Crippen MR) is 107 cm³/mol. The van der Waals surface area contributed by atoms with Crippen LogP contribution in [0.4, 0.5) is 4.79 Å². The molecule has 0 aliphatic carbocycles. The molecule has 1 unspecified atom stereocenters. The van der Waals surface area contributed by atoms with Gasteiger partial charge in [-0.25, -0.2) is 9.59 Å². The van der Waals surface area contributed by atoms with Crippen molar-refractivity contribution in [3.63, 3.8) is 0 Å². The van der Waals surface area contributed by atoms with Crippen LogP contribution in [-0.4, -0.2) is 24.7 Å². The Balaban J connectivity index is 1.98. The number of esters is 1. The van der Waals surface area contributed by atoms with Gasteiger partial charge in [-0.3, -0.25) is 0 Å². The molecule has 0 aliphatic rings. The Morgan fingerprint density at radius 2 is 1.61 bits per heavy atom. The van der Waals surface area contributed by atoms with Gasteiger partial charge < -0.3 is 20.5 Å². The molecule has 0 spiro atoms. The molecule has 1 amide bonds. The van der Waals surface area contributed by atoms with E-state index in [0.29, 0.717) is 12.8 Å². The Hall–Kier alpha value is -3.28. The molecular weight excluding hydrogens is 356 g/mol. The van der Waals surface area contributed by atoms with Crippen molar-refractivity contribution in [3.05, 3.63) is 83.6 Å². The van der Waals surface area contributed by atoms with Crippen LogP contribution in [0.15, 0.2) is 72.4 Å². The van der Waals surface area contributed by atoms with Crippen LogP contribution in [0.5, 0.6) is 0 Å². The lowest BCUT2D eigenvalue weighted by atomic mass is 10.0. The summed E-state index contributed by atoms with van der Waals surface area (Å²) in [5.74, 6) is -0.605. The minimum absolute atomic E-state index is 0.0386. The zero-order chi connectivity index (χ0) is 20.2. The summed E-state index contributed by atoms with van der Waals surface area (Å²) < 4.78 is 10.2. The van der Waals surface area contributed by atoms with Crippen molar-refractivity contribution in [3.8, 4) is 0 Å². The van der Waals surface area contributed by atoms with Crippen molar-refractivity contribution in [2.45, 2.75) is 32.4 Å². The molecule has 0 fully saturated rings. The lowest BCUT2D eigenvalue weighted by Crippen LogP contribution is -2.35. The molecule has 3 N–H and O–H groups in total. The fourth-order valence-electron chi connectivity index (χ4n) is 2.58. The van der Waals surface area contributed by atoms with Crippen molar-refractivity contribution in [1.29, 1.82) is 0 Å². The summed E-state index contributed by atoms with van der Waals surface area (Å²) in [7, 11) is 0. The summed E-state index contributed by atoms with van der Waals surface area (Å²) in [4.78, 5) is 24.0. The summed E-state index contributed by atoms with van der Waals surface area (Å²) in [5, 5.41) is 2.76. The van der Waals surface area contributed by atoms with Gasteiger partial charge in [-0.15, -0.1) is 0 Å². The standard InChI is InChI=1S/C22H26N2O4/c1-2-27-21(25)20(23)15-19(14-13-17-9-5-3-6-10-17)24-22(26)28-16-18-11-7-4-8-12-18/h3-12,15,19H,2,13-14,16,23H2,1H3,(H,24,26). The maximum atomic E-state index is 12.2. The van der Waals surface area contributed by atoms with Crippen molar-refractivity contribution in [2.24, 2.45) is 5.73 Å². The molecule has 148 valence electrons. The zero-order valence-electron chi connectivity index (χ0n) is 16.0. The topological polar surface area (TPSA) is 90.6 Å². The van der Waals surface area contributed by atoms with E-state index in [1.807, 2.05) is 60.7 Å². The molecule has 6 nitrogen and oxygen atoms in total. The first-order chi connectivity index (χ1) is 13.6. The van der Waals surface area contributed by atoms with Crippen LogP contribution in [0.1, 0.15) is 24.5 Å². The molecule has 0 heterocycles. The Kier molecular flexibility index (Phi) is 8.59. The van der Waals surface area contributed by atoms with Gasteiger partial charge in [0, 0.05) is 0 Å². The summed E-state index contributed by atoms with van der Waals surface area (Å²) in [6.45, 7) is 2.10. The van der Waals surface area contributed by atoms with Crippen LogP contribution in [0.2, 0.25) is 0 Å². The van der Waals surface area contributed by atoms with Crippen LogP contribution in [0, 0.1) is 0 Å². The highest BCUT2D eigenvalue weighted by Crippen LogP contribution is 2.08. The second kappa shape index (κ2) is 11.4. The van der Waals surface area contributed by atoms with Gasteiger partial charge in [0.1, 0.15) is 12.3 Å². The second-order valence-electron chi connectivity index (χ2n) is 6.18. The van der Waals surface area contributed by atoms with Crippen molar-refractivity contribution < 1.29 is 19.1 Å². The number of rotatable bonds is 9. The lowest BCUT2D eigenvalue weighted by Gasteiger charge is -2.16. The van der Waals surface area contributed by atoms with E-state index in [-0.39, 0.29) is 18.9 Å². The quantitative estimate of drug-likeness (QED) is 0.513. The maximum Gasteiger partial charge on any atom is 0.407 e. The summed E-state index contributed by atoms with van der Waals surface area (Å²) in [6, 6.07) is 18.8. The van der Waals surface area contributed by atoms with Crippen LogP contribution in [0.25, 0.3) is 0 Å². The van der Waals surface area contributed by atoms with E-state index in [1.165, 1.54) is 6.08 Å². The number of nitrogens with two attached hydrogens (primary N) is 1. The average molecular weight is 382 g/mol. The van der Waals surface area contributed by atoms with Gasteiger partial charge in [0.2, 0.25) is 0 Å². The number of alkyl carbamates (subject to hydrolysis) is 1. The van der Waals surface area contributed by atoms with Crippen molar-refractivity contribution >= 4 is 12.1 Å². The third-order valence-corrected chi connectivity index (χ3v) is 3.99. The van der Waals surface area contributed by atoms with E-state index in [0.717, 1.165) is 11.1 Å². The molecule has 0 saturated heterocycles. The zero-order valence-corrected chi connectivity index (χ0v) is 16.0. The third-order valence-electron chi connectivity index (χ3n) is 3.99. The smallest absolute Gasteiger partial charge is 0.407 e. The van der Waals surface area contributed by atoms with Crippen LogP contribution < -0.4 is 11.1 Å². The number of hydrogen-bond acceptors (Lipinski definition) is 5. The fourth-order valence-corrected chi connectivity index (χ4v) is 2.58. The van der Waals surface area contributed by atoms with Gasteiger partial charge in [0.25, 0.3) is 0 Å². The number of nitrogens with one attached hydrogen (secondary N) is 1. The molecule has 0 aliphatic heterocycles. The molecule has 0 bridgehead atoms. The van der Waals surface area contributed by atoms with E-state index < -0.39 is 18.1 Å². The second-order valence-corrected chi connectivity index (χ2v) is 6.18. The first kappa shape index (κ1) is 21.0. The first-order valence-corrected chi connectivity index (χ1v) is 9.24. The van der Waals surface area contributed by atoms with Gasteiger partial charge >= 0.3 is 12.1 Å². The van der Waals surface area contributed by atoms with Gasteiger partial charge in [-0.1, -0.05) is 60.7 Å². The number of aryl methyl sites for hydroxylation is 1. The number of carbonyl (C=O) groups is 2. The molecule has 0 radical (unpaired) electrons.